The molecular weight excluding hydrogens is 262 g/mol. The van der Waals surface area contributed by atoms with Crippen molar-refractivity contribution in [1.29, 1.82) is 0 Å². The van der Waals surface area contributed by atoms with Crippen LogP contribution < -0.4 is 15.8 Å². The topological polar surface area (TPSA) is 59.6 Å². The van der Waals surface area contributed by atoms with Gasteiger partial charge in [0.2, 0.25) is 0 Å². The summed E-state index contributed by atoms with van der Waals surface area (Å²) < 4.78 is 5.26. The Morgan fingerprint density at radius 2 is 1.86 bits per heavy atom. The predicted octanol–water partition coefficient (Wildman–Crippen LogP) is 2.97. The standard InChI is InChI=1S/C17H21N3O/c1-13-7-9-14(10-8-13)11-12-19-17(18)20-15-5-3-4-6-16(15)21-2/h3-10H,11-12H2,1-2H3,(H3,18,19,20). The number of hydrogen-bond donors (Lipinski definition) is 2. The molecule has 110 valence electrons. The normalized spacial score (nSPS) is 11.2. The molecule has 3 N–H and O–H groups in total. The van der Waals surface area contributed by atoms with Gasteiger partial charge in [0.05, 0.1) is 12.8 Å². The maximum Gasteiger partial charge on any atom is 0.193 e. The van der Waals surface area contributed by atoms with Crippen LogP contribution >= 0.6 is 0 Å². The van der Waals surface area contributed by atoms with Crippen LogP contribution in [0.15, 0.2) is 53.5 Å². The van der Waals surface area contributed by atoms with Gasteiger partial charge in [-0.3, -0.25) is 4.99 Å². The molecule has 4 nitrogen and oxygen atoms in total. The number of ether oxygens (including phenoxy) is 1. The zero-order valence-electron chi connectivity index (χ0n) is 12.5. The van der Waals surface area contributed by atoms with Gasteiger partial charge in [-0.2, -0.15) is 0 Å². The molecule has 0 aromatic heterocycles. The van der Waals surface area contributed by atoms with Gasteiger partial charge in [0.1, 0.15) is 5.75 Å². The number of anilines is 1. The van der Waals surface area contributed by atoms with Crippen LogP contribution in [-0.4, -0.2) is 19.6 Å². The maximum absolute atomic E-state index is 5.90. The Hall–Kier alpha value is -2.49. The average Bonchev–Trinajstić information content (AvgIpc) is 2.50. The zero-order chi connectivity index (χ0) is 15.1. The van der Waals surface area contributed by atoms with Crippen molar-refractivity contribution >= 4 is 11.6 Å². The van der Waals surface area contributed by atoms with E-state index in [1.165, 1.54) is 11.1 Å². The Kier molecular flexibility index (Phi) is 5.21. The van der Waals surface area contributed by atoms with Gasteiger partial charge in [0.25, 0.3) is 0 Å². The van der Waals surface area contributed by atoms with Crippen LogP contribution in [0.1, 0.15) is 11.1 Å². The number of nitrogens with one attached hydrogen (secondary N) is 1. The van der Waals surface area contributed by atoms with Gasteiger partial charge in [0, 0.05) is 6.54 Å². The van der Waals surface area contributed by atoms with E-state index in [0.717, 1.165) is 17.9 Å². The summed E-state index contributed by atoms with van der Waals surface area (Å²) in [6.45, 7) is 2.73. The Morgan fingerprint density at radius 3 is 2.57 bits per heavy atom. The molecule has 0 saturated carbocycles. The van der Waals surface area contributed by atoms with Gasteiger partial charge in [-0.25, -0.2) is 0 Å². The molecule has 0 atom stereocenters. The minimum Gasteiger partial charge on any atom is -0.495 e. The van der Waals surface area contributed by atoms with E-state index in [4.69, 9.17) is 10.5 Å². The third-order valence-corrected chi connectivity index (χ3v) is 3.17. The van der Waals surface area contributed by atoms with Crippen molar-refractivity contribution in [3.8, 4) is 5.75 Å². The lowest BCUT2D eigenvalue weighted by molar-refractivity contribution is 0.417. The number of para-hydroxylation sites is 2. The number of aliphatic imine (C=N–C) groups is 1. The van der Waals surface area contributed by atoms with Crippen LogP contribution in [-0.2, 0) is 6.42 Å². The summed E-state index contributed by atoms with van der Waals surface area (Å²) in [4.78, 5) is 4.34. The van der Waals surface area contributed by atoms with Crippen LogP contribution in [0.25, 0.3) is 0 Å². The molecule has 0 aliphatic carbocycles. The largest absolute Gasteiger partial charge is 0.495 e. The molecule has 21 heavy (non-hydrogen) atoms. The van der Waals surface area contributed by atoms with Gasteiger partial charge in [-0.05, 0) is 31.0 Å². The van der Waals surface area contributed by atoms with Crippen molar-refractivity contribution in [3.63, 3.8) is 0 Å². The summed E-state index contributed by atoms with van der Waals surface area (Å²) in [5.41, 5.74) is 9.24. The van der Waals surface area contributed by atoms with E-state index in [1.54, 1.807) is 7.11 Å². The molecule has 0 spiro atoms. The summed E-state index contributed by atoms with van der Waals surface area (Å²) in [7, 11) is 1.63. The summed E-state index contributed by atoms with van der Waals surface area (Å²) in [5, 5.41) is 3.06. The Bertz CT molecular complexity index is 606. The van der Waals surface area contributed by atoms with Crippen molar-refractivity contribution in [1.82, 2.24) is 0 Å². The van der Waals surface area contributed by atoms with Gasteiger partial charge in [-0.1, -0.05) is 42.0 Å². The van der Waals surface area contributed by atoms with Crippen LogP contribution in [0.4, 0.5) is 5.69 Å². The second kappa shape index (κ2) is 7.33. The van der Waals surface area contributed by atoms with Crippen LogP contribution in [0.5, 0.6) is 5.75 Å². The first kappa shape index (κ1) is 14.9. The highest BCUT2D eigenvalue weighted by Gasteiger charge is 2.02. The lowest BCUT2D eigenvalue weighted by Gasteiger charge is -2.10. The molecule has 2 aromatic rings. The summed E-state index contributed by atoms with van der Waals surface area (Å²) in [6.07, 6.45) is 0.870. The molecule has 0 heterocycles. The Morgan fingerprint density at radius 1 is 1.14 bits per heavy atom. The van der Waals surface area contributed by atoms with E-state index in [-0.39, 0.29) is 0 Å². The van der Waals surface area contributed by atoms with Gasteiger partial charge >= 0.3 is 0 Å². The molecule has 4 heteroatoms. The molecule has 0 aliphatic heterocycles. The Balaban J connectivity index is 1.90. The van der Waals surface area contributed by atoms with Gasteiger partial charge in [0.15, 0.2) is 5.96 Å². The van der Waals surface area contributed by atoms with Crippen molar-refractivity contribution in [2.75, 3.05) is 19.0 Å². The third kappa shape index (κ3) is 4.53. The van der Waals surface area contributed by atoms with Crippen molar-refractivity contribution in [2.24, 2.45) is 10.7 Å². The van der Waals surface area contributed by atoms with E-state index in [9.17, 15) is 0 Å². The lowest BCUT2D eigenvalue weighted by atomic mass is 10.1. The fraction of sp³-hybridized carbons (Fsp3) is 0.235. The number of methoxy groups -OCH3 is 1. The van der Waals surface area contributed by atoms with E-state index in [0.29, 0.717) is 12.5 Å². The minimum atomic E-state index is 0.395. The number of aryl methyl sites for hydroxylation is 1. The highest BCUT2D eigenvalue weighted by molar-refractivity contribution is 5.93. The van der Waals surface area contributed by atoms with Gasteiger partial charge < -0.3 is 15.8 Å². The Labute approximate surface area is 125 Å². The molecule has 0 bridgehead atoms. The fourth-order valence-corrected chi connectivity index (χ4v) is 1.99. The highest BCUT2D eigenvalue weighted by Crippen LogP contribution is 2.22. The van der Waals surface area contributed by atoms with E-state index < -0.39 is 0 Å². The predicted molar refractivity (Wildman–Crippen MR) is 88.0 cm³/mol. The van der Waals surface area contributed by atoms with Crippen molar-refractivity contribution in [2.45, 2.75) is 13.3 Å². The quantitative estimate of drug-likeness (QED) is 0.655. The first-order chi connectivity index (χ1) is 10.2. The monoisotopic (exact) mass is 283 g/mol. The number of guanidine groups is 1. The van der Waals surface area contributed by atoms with Gasteiger partial charge in [-0.15, -0.1) is 0 Å². The van der Waals surface area contributed by atoms with Crippen LogP contribution in [0.2, 0.25) is 0 Å². The van der Waals surface area contributed by atoms with E-state index >= 15 is 0 Å². The molecule has 0 aliphatic rings. The number of rotatable bonds is 5. The highest BCUT2D eigenvalue weighted by atomic mass is 16.5. The molecule has 0 unspecified atom stereocenters. The second-order valence-electron chi connectivity index (χ2n) is 4.83. The number of benzene rings is 2. The first-order valence-corrected chi connectivity index (χ1v) is 6.94. The number of nitrogens with zero attached hydrogens (tertiary/aromatic N) is 1. The lowest BCUT2D eigenvalue weighted by Crippen LogP contribution is -2.23. The van der Waals surface area contributed by atoms with Crippen LogP contribution in [0.3, 0.4) is 0 Å². The minimum absolute atomic E-state index is 0.395. The van der Waals surface area contributed by atoms with E-state index in [2.05, 4.69) is 41.5 Å². The fourth-order valence-electron chi connectivity index (χ4n) is 1.99. The molecule has 2 aromatic carbocycles. The van der Waals surface area contributed by atoms with Crippen LogP contribution in [0, 0.1) is 6.92 Å². The molecule has 0 amide bonds. The first-order valence-electron chi connectivity index (χ1n) is 6.94. The SMILES string of the molecule is COc1ccccc1NC(N)=NCCc1ccc(C)cc1. The van der Waals surface area contributed by atoms with Crippen molar-refractivity contribution < 1.29 is 4.74 Å². The molecule has 0 fully saturated rings. The number of nitrogens with two attached hydrogens (primary N) is 1. The molecular formula is C17H21N3O. The molecule has 0 saturated heterocycles. The molecule has 2 rings (SSSR count). The zero-order valence-corrected chi connectivity index (χ0v) is 12.5. The second-order valence-corrected chi connectivity index (χ2v) is 4.83. The number of hydrogen-bond acceptors (Lipinski definition) is 2. The summed E-state index contributed by atoms with van der Waals surface area (Å²) >= 11 is 0. The van der Waals surface area contributed by atoms with E-state index in [1.807, 2.05) is 24.3 Å². The van der Waals surface area contributed by atoms with Crippen molar-refractivity contribution in [3.05, 3.63) is 59.7 Å². The third-order valence-electron chi connectivity index (χ3n) is 3.17. The summed E-state index contributed by atoms with van der Waals surface area (Å²) in [6, 6.07) is 16.1. The smallest absolute Gasteiger partial charge is 0.193 e. The molecule has 0 radical (unpaired) electrons. The average molecular weight is 283 g/mol. The summed E-state index contributed by atoms with van der Waals surface area (Å²) in [5.74, 6) is 1.14. The maximum atomic E-state index is 5.90.